The first-order valence-electron chi connectivity index (χ1n) is 8.04. The van der Waals surface area contributed by atoms with Crippen molar-refractivity contribution in [2.75, 3.05) is 6.54 Å². The molecule has 0 N–H and O–H groups in total. The van der Waals surface area contributed by atoms with E-state index in [0.29, 0.717) is 18.8 Å². The van der Waals surface area contributed by atoms with E-state index in [1.807, 2.05) is 32.3 Å². The van der Waals surface area contributed by atoms with Gasteiger partial charge in [-0.15, -0.1) is 0 Å². The summed E-state index contributed by atoms with van der Waals surface area (Å²) in [6.45, 7) is 3.21. The zero-order valence-corrected chi connectivity index (χ0v) is 14.7. The topological polar surface area (TPSA) is 64.2 Å². The first-order chi connectivity index (χ1) is 12.0. The second-order valence-electron chi connectivity index (χ2n) is 6.32. The van der Waals surface area contributed by atoms with E-state index in [1.54, 1.807) is 21.8 Å². The third kappa shape index (κ3) is 2.93. The molecule has 7 heteroatoms. The molecule has 1 aliphatic heterocycles. The summed E-state index contributed by atoms with van der Waals surface area (Å²) in [5, 5.41) is 8.85. The maximum absolute atomic E-state index is 12.8. The van der Waals surface area contributed by atoms with Crippen molar-refractivity contribution in [3.8, 4) is 11.3 Å². The van der Waals surface area contributed by atoms with E-state index >= 15 is 0 Å². The van der Waals surface area contributed by atoms with Crippen LogP contribution < -0.4 is 0 Å². The maximum Gasteiger partial charge on any atom is 0.292 e. The van der Waals surface area contributed by atoms with Crippen molar-refractivity contribution >= 4 is 17.5 Å². The second kappa shape index (κ2) is 6.04. The highest BCUT2D eigenvalue weighted by Crippen LogP contribution is 2.27. The third-order valence-electron chi connectivity index (χ3n) is 4.54. The molecule has 1 aliphatic rings. The molecule has 0 saturated carbocycles. The summed E-state index contributed by atoms with van der Waals surface area (Å²) in [5.41, 5.74) is 4.91. The second-order valence-corrected chi connectivity index (χ2v) is 6.75. The lowest BCUT2D eigenvalue weighted by Gasteiger charge is -2.29. The molecule has 0 fully saturated rings. The number of rotatable bonds is 2. The van der Waals surface area contributed by atoms with E-state index in [9.17, 15) is 4.79 Å². The lowest BCUT2D eigenvalue weighted by Crippen LogP contribution is -2.36. The fourth-order valence-electron chi connectivity index (χ4n) is 3.21. The van der Waals surface area contributed by atoms with Crippen molar-refractivity contribution in [1.29, 1.82) is 0 Å². The molecule has 2 aromatic heterocycles. The summed E-state index contributed by atoms with van der Waals surface area (Å²) in [4.78, 5) is 14.6. The highest BCUT2D eigenvalue weighted by atomic mass is 35.5. The number of halogens is 1. The average Bonchev–Trinajstić information content (AvgIpc) is 3.22. The highest BCUT2D eigenvalue weighted by molar-refractivity contribution is 6.30. The van der Waals surface area contributed by atoms with Gasteiger partial charge < -0.3 is 9.42 Å². The Morgan fingerprint density at radius 1 is 1.32 bits per heavy atom. The largest absolute Gasteiger partial charge is 0.350 e. The van der Waals surface area contributed by atoms with Gasteiger partial charge in [-0.05, 0) is 42.2 Å². The van der Waals surface area contributed by atoms with Gasteiger partial charge in [-0.2, -0.15) is 5.10 Å². The van der Waals surface area contributed by atoms with E-state index in [2.05, 4.69) is 10.3 Å². The van der Waals surface area contributed by atoms with Gasteiger partial charge in [0.25, 0.3) is 5.91 Å². The minimum absolute atomic E-state index is 0.150. The van der Waals surface area contributed by atoms with Crippen molar-refractivity contribution in [1.82, 2.24) is 19.8 Å². The van der Waals surface area contributed by atoms with Crippen LogP contribution in [0.15, 0.2) is 35.1 Å². The number of benzene rings is 1. The minimum Gasteiger partial charge on any atom is -0.350 e. The van der Waals surface area contributed by atoms with Crippen LogP contribution in [0, 0.1) is 6.92 Å². The van der Waals surface area contributed by atoms with Crippen LogP contribution in [0.25, 0.3) is 11.3 Å². The molecule has 3 aromatic rings. The van der Waals surface area contributed by atoms with E-state index in [0.717, 1.165) is 28.1 Å². The summed E-state index contributed by atoms with van der Waals surface area (Å²) in [6.07, 6.45) is 4.30. The number of hydrogen-bond donors (Lipinski definition) is 0. The zero-order chi connectivity index (χ0) is 17.6. The molecule has 3 heterocycles. The van der Waals surface area contributed by atoms with E-state index in [-0.39, 0.29) is 11.7 Å². The number of fused-ring (bicyclic) bond motifs is 1. The van der Waals surface area contributed by atoms with Crippen molar-refractivity contribution < 1.29 is 9.32 Å². The van der Waals surface area contributed by atoms with Gasteiger partial charge in [0.1, 0.15) is 5.69 Å². The van der Waals surface area contributed by atoms with Crippen LogP contribution >= 0.6 is 11.6 Å². The summed E-state index contributed by atoms with van der Waals surface area (Å²) < 4.78 is 6.96. The van der Waals surface area contributed by atoms with Gasteiger partial charge in [0.05, 0.1) is 6.20 Å². The first kappa shape index (κ1) is 15.9. The SMILES string of the molecule is Cc1cc(Cl)cc2c1CN(C(=O)c1cc(-c3cnn(C)c3)no1)CC2. The Labute approximate surface area is 150 Å². The van der Waals surface area contributed by atoms with Crippen molar-refractivity contribution in [2.24, 2.45) is 7.05 Å². The molecule has 1 amide bonds. The zero-order valence-electron chi connectivity index (χ0n) is 14.0. The van der Waals surface area contributed by atoms with E-state index < -0.39 is 0 Å². The third-order valence-corrected chi connectivity index (χ3v) is 4.76. The van der Waals surface area contributed by atoms with Crippen molar-refractivity contribution in [3.63, 3.8) is 0 Å². The summed E-state index contributed by atoms with van der Waals surface area (Å²) in [6, 6.07) is 5.59. The number of amides is 1. The fourth-order valence-corrected chi connectivity index (χ4v) is 3.51. The van der Waals surface area contributed by atoms with Crippen LogP contribution in [0.4, 0.5) is 0 Å². The van der Waals surface area contributed by atoms with Gasteiger partial charge in [-0.25, -0.2) is 0 Å². The number of hydrogen-bond acceptors (Lipinski definition) is 4. The van der Waals surface area contributed by atoms with Crippen molar-refractivity contribution in [3.05, 3.63) is 58.1 Å². The number of aromatic nitrogens is 3. The van der Waals surface area contributed by atoms with Crippen LogP contribution in [-0.2, 0) is 20.0 Å². The molecule has 128 valence electrons. The molecule has 6 nitrogen and oxygen atoms in total. The maximum atomic E-state index is 12.8. The molecule has 0 atom stereocenters. The number of carbonyl (C=O) groups excluding carboxylic acids is 1. The fraction of sp³-hybridized carbons (Fsp3) is 0.278. The number of aryl methyl sites for hydroxylation is 2. The Bertz CT molecular complexity index is 960. The van der Waals surface area contributed by atoms with Crippen LogP contribution in [0.1, 0.15) is 27.2 Å². The summed E-state index contributed by atoms with van der Waals surface area (Å²) in [7, 11) is 1.83. The normalized spacial score (nSPS) is 13.8. The Balaban J connectivity index is 1.57. The molecule has 0 spiro atoms. The van der Waals surface area contributed by atoms with Gasteiger partial charge in [0.15, 0.2) is 0 Å². The minimum atomic E-state index is -0.150. The van der Waals surface area contributed by atoms with Gasteiger partial charge in [0, 0.05) is 43.0 Å². The Morgan fingerprint density at radius 3 is 2.92 bits per heavy atom. The first-order valence-corrected chi connectivity index (χ1v) is 8.42. The Hall–Kier alpha value is -2.60. The smallest absolute Gasteiger partial charge is 0.292 e. The van der Waals surface area contributed by atoms with Crippen LogP contribution in [0.3, 0.4) is 0 Å². The molecular formula is C18H17ClN4O2. The van der Waals surface area contributed by atoms with Gasteiger partial charge >= 0.3 is 0 Å². The quantitative estimate of drug-likeness (QED) is 0.707. The van der Waals surface area contributed by atoms with Gasteiger partial charge in [-0.1, -0.05) is 16.8 Å². The number of nitrogens with zero attached hydrogens (tertiary/aromatic N) is 4. The van der Waals surface area contributed by atoms with Crippen LogP contribution in [-0.4, -0.2) is 32.3 Å². The summed E-state index contributed by atoms with van der Waals surface area (Å²) >= 11 is 6.13. The van der Waals surface area contributed by atoms with Gasteiger partial charge in [0.2, 0.25) is 5.76 Å². The lowest BCUT2D eigenvalue weighted by atomic mass is 9.95. The molecule has 0 saturated heterocycles. The van der Waals surface area contributed by atoms with Gasteiger partial charge in [-0.3, -0.25) is 9.48 Å². The van der Waals surface area contributed by atoms with Crippen LogP contribution in [0.2, 0.25) is 5.02 Å². The number of carbonyl (C=O) groups is 1. The Morgan fingerprint density at radius 2 is 2.16 bits per heavy atom. The van der Waals surface area contributed by atoms with Crippen LogP contribution in [0.5, 0.6) is 0 Å². The standard InChI is InChI=1S/C18H17ClN4O2/c1-11-5-14(19)6-12-3-4-23(10-15(11)12)18(24)17-7-16(21-25-17)13-8-20-22(2)9-13/h5-9H,3-4,10H2,1-2H3. The molecule has 0 radical (unpaired) electrons. The molecule has 0 aliphatic carbocycles. The van der Waals surface area contributed by atoms with Crippen molar-refractivity contribution in [2.45, 2.75) is 19.9 Å². The predicted octanol–water partition coefficient (Wildman–Crippen LogP) is 3.24. The molecule has 0 unspecified atom stereocenters. The summed E-state index contributed by atoms with van der Waals surface area (Å²) in [5.74, 6) is 0.0940. The Kier molecular flexibility index (Phi) is 3.84. The monoisotopic (exact) mass is 356 g/mol. The highest BCUT2D eigenvalue weighted by Gasteiger charge is 2.26. The molecule has 25 heavy (non-hydrogen) atoms. The molecular weight excluding hydrogens is 340 g/mol. The molecule has 4 rings (SSSR count). The van der Waals surface area contributed by atoms with E-state index in [4.69, 9.17) is 16.1 Å². The molecule has 0 bridgehead atoms. The molecule has 1 aromatic carbocycles. The average molecular weight is 357 g/mol. The van der Waals surface area contributed by atoms with E-state index in [1.165, 1.54) is 5.56 Å². The lowest BCUT2D eigenvalue weighted by molar-refractivity contribution is 0.0692. The predicted molar refractivity (Wildman–Crippen MR) is 93.3 cm³/mol.